The molecule has 0 saturated heterocycles. The summed E-state index contributed by atoms with van der Waals surface area (Å²) >= 11 is 1.57. The lowest BCUT2D eigenvalue weighted by atomic mass is 9.74. The topological polar surface area (TPSA) is 80.0 Å². The van der Waals surface area contributed by atoms with E-state index < -0.39 is 5.54 Å². The number of aromatic nitrogens is 1. The first kappa shape index (κ1) is 16.9. The van der Waals surface area contributed by atoms with Crippen molar-refractivity contribution in [3.63, 3.8) is 0 Å². The minimum absolute atomic E-state index is 0.0240. The Hall–Kier alpha value is -1.92. The Bertz CT molecular complexity index is 708. The summed E-state index contributed by atoms with van der Waals surface area (Å²) < 4.78 is 0. The Kier molecular flexibility index (Phi) is 4.87. The maximum absolute atomic E-state index is 12.5. The van der Waals surface area contributed by atoms with Gasteiger partial charge in [-0.15, -0.1) is 11.3 Å². The Labute approximate surface area is 146 Å². The van der Waals surface area contributed by atoms with Crippen LogP contribution in [0.15, 0.2) is 29.6 Å². The molecule has 1 heterocycles. The average Bonchev–Trinajstić information content (AvgIpc) is 2.94. The molecule has 1 saturated carbocycles. The van der Waals surface area contributed by atoms with Crippen LogP contribution < -0.4 is 16.4 Å². The van der Waals surface area contributed by atoms with Crippen LogP contribution in [-0.4, -0.2) is 16.4 Å². The van der Waals surface area contributed by atoms with E-state index in [1.54, 1.807) is 11.3 Å². The van der Waals surface area contributed by atoms with Crippen molar-refractivity contribution < 1.29 is 4.79 Å². The zero-order chi connectivity index (χ0) is 17.2. The largest absolute Gasteiger partial charge is 0.332 e. The second-order valence-electron chi connectivity index (χ2n) is 6.79. The van der Waals surface area contributed by atoms with Crippen LogP contribution in [0.3, 0.4) is 0 Å². The summed E-state index contributed by atoms with van der Waals surface area (Å²) in [5, 5.41) is 9.13. The highest BCUT2D eigenvalue weighted by Gasteiger charge is 2.37. The molecule has 0 spiro atoms. The van der Waals surface area contributed by atoms with E-state index in [1.165, 1.54) is 0 Å². The van der Waals surface area contributed by atoms with E-state index in [0.29, 0.717) is 0 Å². The van der Waals surface area contributed by atoms with Crippen molar-refractivity contribution in [2.75, 3.05) is 10.6 Å². The lowest BCUT2D eigenvalue weighted by Gasteiger charge is -2.37. The van der Waals surface area contributed by atoms with Crippen LogP contribution in [0, 0.1) is 12.8 Å². The van der Waals surface area contributed by atoms with Crippen molar-refractivity contribution >= 4 is 33.8 Å². The molecule has 1 aliphatic rings. The molecule has 0 radical (unpaired) electrons. The van der Waals surface area contributed by atoms with E-state index in [2.05, 4.69) is 15.6 Å². The third-order valence-electron chi connectivity index (χ3n) is 4.59. The van der Waals surface area contributed by atoms with Crippen LogP contribution >= 0.6 is 11.3 Å². The van der Waals surface area contributed by atoms with Gasteiger partial charge in [0.1, 0.15) is 0 Å². The van der Waals surface area contributed by atoms with Crippen LogP contribution in [-0.2, 0) is 4.79 Å². The number of aryl methyl sites for hydroxylation is 1. The van der Waals surface area contributed by atoms with Crippen molar-refractivity contribution in [1.82, 2.24) is 4.98 Å². The van der Waals surface area contributed by atoms with Crippen LogP contribution in [0.5, 0.6) is 0 Å². The molecule has 3 rings (SSSR count). The molecule has 24 heavy (non-hydrogen) atoms. The highest BCUT2D eigenvalue weighted by atomic mass is 32.1. The number of amides is 1. The fourth-order valence-electron chi connectivity index (χ4n) is 3.19. The molecular weight excluding hydrogens is 320 g/mol. The van der Waals surface area contributed by atoms with Crippen molar-refractivity contribution in [3.8, 4) is 0 Å². The Morgan fingerprint density at radius 1 is 1.29 bits per heavy atom. The van der Waals surface area contributed by atoms with Gasteiger partial charge in [0.15, 0.2) is 5.13 Å². The third-order valence-corrected chi connectivity index (χ3v) is 5.47. The first-order valence-electron chi connectivity index (χ1n) is 8.33. The van der Waals surface area contributed by atoms with Crippen molar-refractivity contribution in [2.45, 2.75) is 45.1 Å². The predicted molar refractivity (Wildman–Crippen MR) is 99.8 cm³/mol. The maximum atomic E-state index is 12.5. The van der Waals surface area contributed by atoms with Gasteiger partial charge in [-0.2, -0.15) is 0 Å². The molecular formula is C18H24N4OS. The first-order chi connectivity index (χ1) is 11.4. The molecule has 2 aromatic rings. The SMILES string of the molecule is Cc1csc(Nc2ccc(NC(=O)C3CCCCC3(C)N)cc2)n1. The summed E-state index contributed by atoms with van der Waals surface area (Å²) in [7, 11) is 0. The molecule has 128 valence electrons. The molecule has 6 heteroatoms. The molecule has 1 aliphatic carbocycles. The number of thiazole rings is 1. The monoisotopic (exact) mass is 344 g/mol. The van der Waals surface area contributed by atoms with Gasteiger partial charge in [-0.1, -0.05) is 12.8 Å². The molecule has 2 atom stereocenters. The molecule has 2 unspecified atom stereocenters. The van der Waals surface area contributed by atoms with Gasteiger partial charge in [0, 0.05) is 22.3 Å². The average molecular weight is 344 g/mol. The molecule has 4 N–H and O–H groups in total. The van der Waals surface area contributed by atoms with Crippen LogP contribution in [0.4, 0.5) is 16.5 Å². The zero-order valence-electron chi connectivity index (χ0n) is 14.1. The number of nitrogens with one attached hydrogen (secondary N) is 2. The quantitative estimate of drug-likeness (QED) is 0.782. The zero-order valence-corrected chi connectivity index (χ0v) is 15.0. The summed E-state index contributed by atoms with van der Waals surface area (Å²) in [5.74, 6) is -0.0988. The molecule has 5 nitrogen and oxygen atoms in total. The van der Waals surface area contributed by atoms with Gasteiger partial charge in [-0.05, 0) is 51.0 Å². The molecule has 0 aliphatic heterocycles. The maximum Gasteiger partial charge on any atom is 0.229 e. The minimum Gasteiger partial charge on any atom is -0.332 e. The van der Waals surface area contributed by atoms with E-state index in [-0.39, 0.29) is 11.8 Å². The Morgan fingerprint density at radius 2 is 2.00 bits per heavy atom. The minimum atomic E-state index is -0.410. The number of carbonyl (C=O) groups is 1. The number of hydrogen-bond donors (Lipinski definition) is 3. The summed E-state index contributed by atoms with van der Waals surface area (Å²) in [4.78, 5) is 16.9. The third kappa shape index (κ3) is 3.94. The predicted octanol–water partition coefficient (Wildman–Crippen LogP) is 4.04. The van der Waals surface area contributed by atoms with Gasteiger partial charge in [0.25, 0.3) is 0 Å². The van der Waals surface area contributed by atoms with Gasteiger partial charge in [-0.3, -0.25) is 4.79 Å². The van der Waals surface area contributed by atoms with E-state index >= 15 is 0 Å². The second kappa shape index (κ2) is 6.91. The number of rotatable bonds is 4. The summed E-state index contributed by atoms with van der Waals surface area (Å²) in [5.41, 5.74) is 8.65. The van der Waals surface area contributed by atoms with Gasteiger partial charge in [0.2, 0.25) is 5.91 Å². The van der Waals surface area contributed by atoms with Crippen LogP contribution in [0.25, 0.3) is 0 Å². The lowest BCUT2D eigenvalue weighted by Crippen LogP contribution is -2.51. The number of nitrogens with two attached hydrogens (primary N) is 1. The molecule has 1 amide bonds. The second-order valence-corrected chi connectivity index (χ2v) is 7.65. The van der Waals surface area contributed by atoms with E-state index in [9.17, 15) is 4.79 Å². The smallest absolute Gasteiger partial charge is 0.229 e. The molecule has 0 bridgehead atoms. The number of nitrogens with zero attached hydrogens (tertiary/aromatic N) is 1. The normalized spacial score (nSPS) is 23.7. The van der Waals surface area contributed by atoms with Crippen molar-refractivity contribution in [1.29, 1.82) is 0 Å². The highest BCUT2D eigenvalue weighted by molar-refractivity contribution is 7.13. The number of hydrogen-bond acceptors (Lipinski definition) is 5. The standard InChI is InChI=1S/C18H24N4OS/c1-12-11-24-17(20-12)22-14-8-6-13(7-9-14)21-16(23)15-5-3-4-10-18(15,2)19/h6-9,11,15H,3-5,10,19H2,1-2H3,(H,20,22)(H,21,23). The summed E-state index contributed by atoms with van der Waals surface area (Å²) in [6.07, 6.45) is 3.94. The van der Waals surface area contributed by atoms with Crippen molar-refractivity contribution in [2.24, 2.45) is 11.7 Å². The molecule has 1 aromatic carbocycles. The fraction of sp³-hybridized carbons (Fsp3) is 0.444. The van der Waals surface area contributed by atoms with Gasteiger partial charge < -0.3 is 16.4 Å². The Morgan fingerprint density at radius 3 is 2.62 bits per heavy atom. The highest BCUT2D eigenvalue weighted by Crippen LogP contribution is 2.32. The van der Waals surface area contributed by atoms with E-state index in [1.807, 2.05) is 43.5 Å². The number of carbonyl (C=O) groups excluding carboxylic acids is 1. The Balaban J connectivity index is 1.62. The summed E-state index contributed by atoms with van der Waals surface area (Å²) in [6.45, 7) is 3.95. The number of benzene rings is 1. The van der Waals surface area contributed by atoms with Crippen LogP contribution in [0.2, 0.25) is 0 Å². The fourth-order valence-corrected chi connectivity index (χ4v) is 3.90. The molecule has 1 aromatic heterocycles. The van der Waals surface area contributed by atoms with Crippen LogP contribution in [0.1, 0.15) is 38.3 Å². The number of anilines is 3. The van der Waals surface area contributed by atoms with Gasteiger partial charge >= 0.3 is 0 Å². The van der Waals surface area contributed by atoms with E-state index in [0.717, 1.165) is 47.9 Å². The van der Waals surface area contributed by atoms with E-state index in [4.69, 9.17) is 5.73 Å². The van der Waals surface area contributed by atoms with Crippen molar-refractivity contribution in [3.05, 3.63) is 35.3 Å². The first-order valence-corrected chi connectivity index (χ1v) is 9.21. The molecule has 1 fully saturated rings. The lowest BCUT2D eigenvalue weighted by molar-refractivity contribution is -0.122. The summed E-state index contributed by atoms with van der Waals surface area (Å²) in [6, 6.07) is 7.68. The van der Waals surface area contributed by atoms with Gasteiger partial charge in [0.05, 0.1) is 11.6 Å². The van der Waals surface area contributed by atoms with Gasteiger partial charge in [-0.25, -0.2) is 4.98 Å².